The molecule has 1 aromatic heterocycles. The van der Waals surface area contributed by atoms with Crippen molar-refractivity contribution in [2.45, 2.75) is 12.3 Å². The van der Waals surface area contributed by atoms with Gasteiger partial charge in [0.05, 0.1) is 11.0 Å². The molecule has 3 aromatic rings. The smallest absolute Gasteiger partial charge is 0.326 e. The van der Waals surface area contributed by atoms with Crippen molar-refractivity contribution in [2.24, 2.45) is 7.05 Å². The van der Waals surface area contributed by atoms with Crippen molar-refractivity contribution in [1.29, 1.82) is 0 Å². The molecule has 0 spiro atoms. The molecule has 130 valence electrons. The molecule has 0 saturated heterocycles. The molecule has 1 amide bonds. The van der Waals surface area contributed by atoms with Gasteiger partial charge in [-0.1, -0.05) is 30.3 Å². The highest BCUT2D eigenvalue weighted by molar-refractivity contribution is 5.97. The molecule has 0 aliphatic carbocycles. The number of aliphatic hydroxyl groups is 1. The topological polar surface area (TPSA) is 87.1 Å². The summed E-state index contributed by atoms with van der Waals surface area (Å²) < 4.78 is 1.50. The number of carbonyl (C=O) groups is 1. The fourth-order valence-corrected chi connectivity index (χ4v) is 2.96. The van der Waals surface area contributed by atoms with Gasteiger partial charge in [-0.05, 0) is 30.2 Å². The minimum atomic E-state index is -0.209. The molecule has 25 heavy (non-hydrogen) atoms. The third-order valence-electron chi connectivity index (χ3n) is 4.42. The van der Waals surface area contributed by atoms with Crippen molar-refractivity contribution in [3.05, 3.63) is 70.1 Å². The molecular weight excluding hydrogens is 318 g/mol. The first-order chi connectivity index (χ1) is 12.1. The molecule has 3 N–H and O–H groups in total. The molecule has 6 nitrogen and oxygen atoms in total. The summed E-state index contributed by atoms with van der Waals surface area (Å²) in [5.74, 6) is -0.152. The van der Waals surface area contributed by atoms with Gasteiger partial charge >= 0.3 is 5.69 Å². The zero-order valence-electron chi connectivity index (χ0n) is 14.0. The highest BCUT2D eigenvalue weighted by Crippen LogP contribution is 2.18. The molecule has 2 aromatic carbocycles. The maximum absolute atomic E-state index is 12.4. The van der Waals surface area contributed by atoms with Crippen LogP contribution in [0.15, 0.2) is 53.3 Å². The van der Waals surface area contributed by atoms with E-state index in [-0.39, 0.29) is 24.1 Å². The highest BCUT2D eigenvalue weighted by atomic mass is 16.3. The van der Waals surface area contributed by atoms with Crippen LogP contribution >= 0.6 is 0 Å². The number of aliphatic hydroxyl groups excluding tert-OH is 1. The minimum absolute atomic E-state index is 0.0513. The van der Waals surface area contributed by atoms with Gasteiger partial charge in [0.25, 0.3) is 5.91 Å². The van der Waals surface area contributed by atoms with Crippen LogP contribution in [0.3, 0.4) is 0 Å². The van der Waals surface area contributed by atoms with Crippen LogP contribution in [0.4, 0.5) is 0 Å². The van der Waals surface area contributed by atoms with Crippen LogP contribution in [0.5, 0.6) is 0 Å². The van der Waals surface area contributed by atoms with Gasteiger partial charge in [0.15, 0.2) is 0 Å². The second kappa shape index (κ2) is 7.36. The Morgan fingerprint density at radius 2 is 2.00 bits per heavy atom. The van der Waals surface area contributed by atoms with E-state index in [9.17, 15) is 14.7 Å². The maximum Gasteiger partial charge on any atom is 0.326 e. The average Bonchev–Trinajstić information content (AvgIpc) is 2.92. The number of nitrogens with zero attached hydrogens (tertiary/aromatic N) is 1. The fraction of sp³-hybridized carbons (Fsp3) is 0.263. The van der Waals surface area contributed by atoms with E-state index in [1.807, 2.05) is 30.3 Å². The van der Waals surface area contributed by atoms with Gasteiger partial charge in [0.1, 0.15) is 0 Å². The Hall–Kier alpha value is -2.86. The summed E-state index contributed by atoms with van der Waals surface area (Å²) in [4.78, 5) is 26.8. The second-order valence-electron chi connectivity index (χ2n) is 6.05. The Bertz CT molecular complexity index is 928. The molecule has 1 heterocycles. The predicted octanol–water partition coefficient (Wildman–Crippen LogP) is 1.76. The monoisotopic (exact) mass is 339 g/mol. The van der Waals surface area contributed by atoms with Crippen LogP contribution in [0.25, 0.3) is 11.0 Å². The van der Waals surface area contributed by atoms with E-state index in [0.29, 0.717) is 24.0 Å². The summed E-state index contributed by atoms with van der Waals surface area (Å²) in [5.41, 5.74) is 2.75. The van der Waals surface area contributed by atoms with Crippen LogP contribution in [-0.4, -0.2) is 33.7 Å². The molecule has 0 aliphatic heterocycles. The zero-order valence-corrected chi connectivity index (χ0v) is 14.0. The first-order valence-corrected chi connectivity index (χ1v) is 8.23. The number of aromatic amines is 1. The number of carbonyl (C=O) groups excluding carboxylic acids is 1. The van der Waals surface area contributed by atoms with E-state index in [4.69, 9.17) is 0 Å². The lowest BCUT2D eigenvalue weighted by Crippen LogP contribution is -2.28. The van der Waals surface area contributed by atoms with E-state index in [0.717, 1.165) is 11.1 Å². The van der Waals surface area contributed by atoms with Gasteiger partial charge in [-0.3, -0.25) is 9.36 Å². The standard InChI is InChI=1S/C19H21N3O3/c1-22-17-8-7-14(11-16(17)21-19(22)25)18(24)20-12-15(9-10-23)13-5-3-2-4-6-13/h2-8,11,15,23H,9-10,12H2,1H3,(H,20,24)(H,21,25). The van der Waals surface area contributed by atoms with Crippen LogP contribution in [0, 0.1) is 0 Å². The van der Waals surface area contributed by atoms with Crippen molar-refractivity contribution in [2.75, 3.05) is 13.2 Å². The van der Waals surface area contributed by atoms with Crippen molar-refractivity contribution in [3.8, 4) is 0 Å². The molecule has 0 bridgehead atoms. The lowest BCUT2D eigenvalue weighted by molar-refractivity contribution is 0.0949. The van der Waals surface area contributed by atoms with E-state index in [1.165, 1.54) is 4.57 Å². The molecule has 0 fully saturated rings. The lowest BCUT2D eigenvalue weighted by Gasteiger charge is -2.17. The van der Waals surface area contributed by atoms with Crippen LogP contribution in [0.2, 0.25) is 0 Å². The number of aryl methyl sites for hydroxylation is 1. The maximum atomic E-state index is 12.4. The Balaban J connectivity index is 1.74. The van der Waals surface area contributed by atoms with Gasteiger partial charge in [0, 0.05) is 31.7 Å². The van der Waals surface area contributed by atoms with Gasteiger partial charge < -0.3 is 15.4 Å². The van der Waals surface area contributed by atoms with E-state index in [2.05, 4.69) is 10.3 Å². The first kappa shape index (κ1) is 17.0. The molecule has 6 heteroatoms. The summed E-state index contributed by atoms with van der Waals surface area (Å²) in [5, 5.41) is 12.2. The van der Waals surface area contributed by atoms with Crippen molar-refractivity contribution in [3.63, 3.8) is 0 Å². The van der Waals surface area contributed by atoms with Crippen molar-refractivity contribution >= 4 is 16.9 Å². The molecule has 3 rings (SSSR count). The van der Waals surface area contributed by atoms with Crippen molar-refractivity contribution < 1.29 is 9.90 Å². The summed E-state index contributed by atoms with van der Waals surface area (Å²) in [6, 6.07) is 14.9. The normalized spacial score (nSPS) is 12.2. The van der Waals surface area contributed by atoms with Gasteiger partial charge in [-0.15, -0.1) is 0 Å². The Morgan fingerprint density at radius 3 is 2.72 bits per heavy atom. The number of benzene rings is 2. The van der Waals surface area contributed by atoms with Gasteiger partial charge in [-0.25, -0.2) is 4.79 Å². The van der Waals surface area contributed by atoms with Crippen molar-refractivity contribution in [1.82, 2.24) is 14.9 Å². The highest BCUT2D eigenvalue weighted by Gasteiger charge is 2.14. The third-order valence-corrected chi connectivity index (χ3v) is 4.42. The summed E-state index contributed by atoms with van der Waals surface area (Å²) in [6.45, 7) is 0.499. The summed E-state index contributed by atoms with van der Waals surface area (Å²) >= 11 is 0. The lowest BCUT2D eigenvalue weighted by atomic mass is 9.96. The fourth-order valence-electron chi connectivity index (χ4n) is 2.96. The number of H-pyrrole nitrogens is 1. The molecule has 1 unspecified atom stereocenters. The quantitative estimate of drug-likeness (QED) is 0.639. The Kier molecular flexibility index (Phi) is 5.00. The molecule has 0 aliphatic rings. The SMILES string of the molecule is Cn1c(=O)[nH]c2cc(C(=O)NCC(CCO)c3ccccc3)ccc21. The largest absolute Gasteiger partial charge is 0.396 e. The molecular formula is C19H21N3O3. The molecule has 0 saturated carbocycles. The number of nitrogens with one attached hydrogen (secondary N) is 2. The molecule has 0 radical (unpaired) electrons. The van der Waals surface area contributed by atoms with Gasteiger partial charge in [0.2, 0.25) is 0 Å². The Morgan fingerprint density at radius 1 is 1.24 bits per heavy atom. The Labute approximate surface area is 145 Å². The van der Waals surface area contributed by atoms with Crippen LogP contribution in [0.1, 0.15) is 28.3 Å². The third kappa shape index (κ3) is 3.64. The molecule has 1 atom stereocenters. The summed E-state index contributed by atoms with van der Waals surface area (Å²) in [7, 11) is 1.68. The zero-order chi connectivity index (χ0) is 17.8. The number of amides is 1. The van der Waals surface area contributed by atoms with E-state index in [1.54, 1.807) is 25.2 Å². The van der Waals surface area contributed by atoms with Gasteiger partial charge in [-0.2, -0.15) is 0 Å². The number of hydrogen-bond donors (Lipinski definition) is 3. The summed E-state index contributed by atoms with van der Waals surface area (Å²) in [6.07, 6.45) is 0.579. The first-order valence-electron chi connectivity index (χ1n) is 8.23. The van der Waals surface area contributed by atoms with Crippen LogP contribution < -0.4 is 11.0 Å². The van der Waals surface area contributed by atoms with Crippen LogP contribution in [-0.2, 0) is 7.05 Å². The van der Waals surface area contributed by atoms with E-state index < -0.39 is 0 Å². The second-order valence-corrected chi connectivity index (χ2v) is 6.05. The predicted molar refractivity (Wildman–Crippen MR) is 96.8 cm³/mol. The number of rotatable bonds is 6. The number of imidazole rings is 1. The number of hydrogen-bond acceptors (Lipinski definition) is 3. The van der Waals surface area contributed by atoms with E-state index >= 15 is 0 Å². The number of fused-ring (bicyclic) bond motifs is 1. The minimum Gasteiger partial charge on any atom is -0.396 e. The number of aromatic nitrogens is 2. The average molecular weight is 339 g/mol.